The lowest BCUT2D eigenvalue weighted by molar-refractivity contribution is -0.0615. The van der Waals surface area contributed by atoms with Gasteiger partial charge in [-0.1, -0.05) is 30.3 Å². The van der Waals surface area contributed by atoms with E-state index < -0.39 is 17.8 Å². The molecule has 1 aromatic rings. The van der Waals surface area contributed by atoms with Gasteiger partial charge >= 0.3 is 6.09 Å². The Bertz CT molecular complexity index is 471. The molecule has 0 saturated carbocycles. The van der Waals surface area contributed by atoms with Crippen LogP contribution in [0.1, 0.15) is 24.8 Å². The number of carbonyl (C=O) groups is 1. The molecule has 3 N–H and O–H groups in total. The molecule has 0 unspecified atom stereocenters. The third-order valence-electron chi connectivity index (χ3n) is 3.98. The van der Waals surface area contributed by atoms with E-state index in [-0.39, 0.29) is 19.6 Å². The van der Waals surface area contributed by atoms with Crippen molar-refractivity contribution in [1.29, 1.82) is 0 Å². The largest absolute Gasteiger partial charge is 0.445 e. The van der Waals surface area contributed by atoms with Crippen LogP contribution in [0, 0.1) is 0 Å². The summed E-state index contributed by atoms with van der Waals surface area (Å²) in [6, 6.07) is 9.45. The highest BCUT2D eigenvalue weighted by Crippen LogP contribution is 2.27. The molecule has 0 bridgehead atoms. The Balaban J connectivity index is 1.77. The average molecular weight is 309 g/mol. The van der Waals surface area contributed by atoms with E-state index in [1.807, 2.05) is 30.3 Å². The van der Waals surface area contributed by atoms with Crippen LogP contribution in [-0.4, -0.2) is 57.7 Å². The van der Waals surface area contributed by atoms with Crippen molar-refractivity contribution in [2.75, 3.05) is 19.7 Å². The van der Waals surface area contributed by atoms with E-state index in [1.165, 1.54) is 0 Å². The highest BCUT2D eigenvalue weighted by molar-refractivity contribution is 5.67. The van der Waals surface area contributed by atoms with Crippen LogP contribution in [0.3, 0.4) is 0 Å². The summed E-state index contributed by atoms with van der Waals surface area (Å²) >= 11 is 0. The Morgan fingerprint density at radius 3 is 2.50 bits per heavy atom. The Morgan fingerprint density at radius 1 is 1.27 bits per heavy atom. The predicted octanol–water partition coefficient (Wildman–Crippen LogP) is 0.893. The van der Waals surface area contributed by atoms with Crippen LogP contribution in [0.25, 0.3) is 0 Å². The topological polar surface area (TPSA) is 90.2 Å². The molecule has 1 atom stereocenters. The molecule has 6 nitrogen and oxygen atoms in total. The highest BCUT2D eigenvalue weighted by atomic mass is 16.6. The van der Waals surface area contributed by atoms with Gasteiger partial charge in [-0.25, -0.2) is 4.79 Å². The summed E-state index contributed by atoms with van der Waals surface area (Å²) in [4.78, 5) is 13.6. The fraction of sp³-hybridized carbons (Fsp3) is 0.562. The van der Waals surface area contributed by atoms with Crippen LogP contribution in [0.5, 0.6) is 0 Å². The van der Waals surface area contributed by atoms with Crippen molar-refractivity contribution in [2.45, 2.75) is 37.6 Å². The zero-order valence-electron chi connectivity index (χ0n) is 12.5. The van der Waals surface area contributed by atoms with Gasteiger partial charge in [-0.15, -0.1) is 0 Å². The molecule has 2 rings (SSSR count). The number of hydrogen-bond donors (Lipinski definition) is 3. The molecular formula is C16H23NO5. The van der Waals surface area contributed by atoms with Gasteiger partial charge in [0.05, 0.1) is 18.3 Å². The van der Waals surface area contributed by atoms with Gasteiger partial charge < -0.3 is 25.0 Å². The lowest BCUT2D eigenvalue weighted by Crippen LogP contribution is -2.48. The van der Waals surface area contributed by atoms with Gasteiger partial charge in [-0.3, -0.25) is 0 Å². The predicted molar refractivity (Wildman–Crippen MR) is 80.1 cm³/mol. The number of aliphatic hydroxyl groups excluding tert-OH is 2. The molecule has 22 heavy (non-hydrogen) atoms. The SMILES string of the molecule is O=C(OCc1ccccc1)N1CCC(O)(C[C@H](O)CO)CC1. The van der Waals surface area contributed by atoms with Crippen molar-refractivity contribution < 1.29 is 24.9 Å². The van der Waals surface area contributed by atoms with Crippen molar-refractivity contribution in [3.63, 3.8) is 0 Å². The van der Waals surface area contributed by atoms with Gasteiger partial charge in [0.2, 0.25) is 0 Å². The Labute approximate surface area is 129 Å². The molecule has 122 valence electrons. The second-order valence-corrected chi connectivity index (χ2v) is 5.79. The number of piperidine rings is 1. The Hall–Kier alpha value is -1.63. The summed E-state index contributed by atoms with van der Waals surface area (Å²) in [5.41, 5.74) is -0.103. The first-order valence-electron chi connectivity index (χ1n) is 7.49. The van der Waals surface area contributed by atoms with E-state index in [0.29, 0.717) is 25.9 Å². The first-order valence-corrected chi connectivity index (χ1v) is 7.49. The van der Waals surface area contributed by atoms with E-state index in [9.17, 15) is 15.0 Å². The van der Waals surface area contributed by atoms with Crippen LogP contribution >= 0.6 is 0 Å². The van der Waals surface area contributed by atoms with Crippen molar-refractivity contribution in [3.8, 4) is 0 Å². The molecule has 1 aliphatic heterocycles. The minimum Gasteiger partial charge on any atom is -0.445 e. The maximum Gasteiger partial charge on any atom is 0.410 e. The highest BCUT2D eigenvalue weighted by Gasteiger charge is 2.35. The summed E-state index contributed by atoms with van der Waals surface area (Å²) in [6.07, 6.45) is -0.471. The number of rotatable bonds is 5. The zero-order chi connectivity index (χ0) is 16.0. The minimum atomic E-state index is -1.03. The number of benzene rings is 1. The lowest BCUT2D eigenvalue weighted by atomic mass is 9.86. The Kier molecular flexibility index (Phi) is 5.76. The molecule has 1 amide bonds. The van der Waals surface area contributed by atoms with E-state index >= 15 is 0 Å². The molecule has 0 aromatic heterocycles. The van der Waals surface area contributed by atoms with Crippen LogP contribution < -0.4 is 0 Å². The average Bonchev–Trinajstić information content (AvgIpc) is 2.54. The first-order chi connectivity index (χ1) is 10.5. The third-order valence-corrected chi connectivity index (χ3v) is 3.98. The number of carbonyl (C=O) groups excluding carboxylic acids is 1. The van der Waals surface area contributed by atoms with Gasteiger partial charge in [-0.2, -0.15) is 0 Å². The maximum absolute atomic E-state index is 12.0. The van der Waals surface area contributed by atoms with E-state index in [0.717, 1.165) is 5.56 Å². The Morgan fingerprint density at radius 2 is 1.91 bits per heavy atom. The van der Waals surface area contributed by atoms with Crippen LogP contribution in [0.15, 0.2) is 30.3 Å². The molecule has 0 aliphatic carbocycles. The third kappa shape index (κ3) is 4.69. The van der Waals surface area contributed by atoms with Gasteiger partial charge in [-0.05, 0) is 18.4 Å². The van der Waals surface area contributed by atoms with Gasteiger partial charge in [0.1, 0.15) is 6.61 Å². The molecule has 0 spiro atoms. The summed E-state index contributed by atoms with van der Waals surface area (Å²) < 4.78 is 5.25. The molecular weight excluding hydrogens is 286 g/mol. The van der Waals surface area contributed by atoms with Crippen LogP contribution in [-0.2, 0) is 11.3 Å². The van der Waals surface area contributed by atoms with Gasteiger partial charge in [0, 0.05) is 19.5 Å². The number of ether oxygens (including phenoxy) is 1. The fourth-order valence-corrected chi connectivity index (χ4v) is 2.62. The van der Waals surface area contributed by atoms with Crippen LogP contribution in [0.2, 0.25) is 0 Å². The van der Waals surface area contributed by atoms with Gasteiger partial charge in [0.15, 0.2) is 0 Å². The minimum absolute atomic E-state index is 0.121. The number of likely N-dealkylation sites (tertiary alicyclic amines) is 1. The fourth-order valence-electron chi connectivity index (χ4n) is 2.62. The van der Waals surface area contributed by atoms with Crippen LogP contribution in [0.4, 0.5) is 4.79 Å². The number of nitrogens with zero attached hydrogens (tertiary/aromatic N) is 1. The van der Waals surface area contributed by atoms with Crippen molar-refractivity contribution in [2.24, 2.45) is 0 Å². The molecule has 1 saturated heterocycles. The molecule has 1 aromatic carbocycles. The zero-order valence-corrected chi connectivity index (χ0v) is 12.5. The lowest BCUT2D eigenvalue weighted by Gasteiger charge is -2.38. The molecule has 6 heteroatoms. The summed E-state index contributed by atoms with van der Waals surface area (Å²) in [5, 5.41) is 28.6. The second-order valence-electron chi connectivity index (χ2n) is 5.79. The summed E-state index contributed by atoms with van der Waals surface area (Å²) in [6.45, 7) is 0.610. The van der Waals surface area contributed by atoms with Crippen molar-refractivity contribution in [1.82, 2.24) is 4.90 Å². The smallest absolute Gasteiger partial charge is 0.410 e. The molecule has 1 fully saturated rings. The molecule has 1 aliphatic rings. The number of aliphatic hydroxyl groups is 3. The molecule has 1 heterocycles. The molecule has 0 radical (unpaired) electrons. The quantitative estimate of drug-likeness (QED) is 0.751. The number of hydrogen-bond acceptors (Lipinski definition) is 5. The maximum atomic E-state index is 12.0. The second kappa shape index (κ2) is 7.58. The monoisotopic (exact) mass is 309 g/mol. The van der Waals surface area contributed by atoms with Gasteiger partial charge in [0.25, 0.3) is 0 Å². The number of amides is 1. The summed E-state index contributed by atoms with van der Waals surface area (Å²) in [5.74, 6) is 0. The van der Waals surface area contributed by atoms with E-state index in [2.05, 4.69) is 0 Å². The standard InChI is InChI=1S/C16H23NO5/c18-11-14(19)10-16(21)6-8-17(9-7-16)15(20)22-12-13-4-2-1-3-5-13/h1-5,14,18-19,21H,6-12H2/t14-/m0/s1. The van der Waals surface area contributed by atoms with E-state index in [4.69, 9.17) is 9.84 Å². The normalized spacial score (nSPS) is 18.8. The van der Waals surface area contributed by atoms with Crippen molar-refractivity contribution >= 4 is 6.09 Å². The first kappa shape index (κ1) is 16.7. The van der Waals surface area contributed by atoms with Crippen molar-refractivity contribution in [3.05, 3.63) is 35.9 Å². The summed E-state index contributed by atoms with van der Waals surface area (Å²) in [7, 11) is 0. The van der Waals surface area contributed by atoms with E-state index in [1.54, 1.807) is 4.90 Å².